The van der Waals surface area contributed by atoms with Gasteiger partial charge in [-0.25, -0.2) is 0 Å². The fraction of sp³-hybridized carbons (Fsp3) is 1.00. The Morgan fingerprint density at radius 1 is 1.13 bits per heavy atom. The zero-order valence-corrected chi connectivity index (χ0v) is 11.4. The van der Waals surface area contributed by atoms with E-state index in [4.69, 9.17) is 8.85 Å². The maximum atomic E-state index is 5.64. The molecule has 0 bridgehead atoms. The van der Waals surface area contributed by atoms with Crippen molar-refractivity contribution in [1.82, 2.24) is 4.98 Å². The molecule has 0 aromatic rings. The Kier molecular flexibility index (Phi) is 6.48. The monoisotopic (exact) mass is 231 g/mol. The second-order valence-electron chi connectivity index (χ2n) is 4.28. The largest absolute Gasteiger partial charge is 0.408 e. The van der Waals surface area contributed by atoms with Crippen molar-refractivity contribution in [3.05, 3.63) is 0 Å². The molecule has 1 N–H and O–H groups in total. The van der Waals surface area contributed by atoms with E-state index in [1.54, 1.807) is 0 Å². The van der Waals surface area contributed by atoms with Crippen molar-refractivity contribution in [3.63, 3.8) is 0 Å². The van der Waals surface area contributed by atoms with Crippen molar-refractivity contribution < 1.29 is 8.85 Å². The van der Waals surface area contributed by atoms with E-state index < -0.39 is 9.45 Å². The van der Waals surface area contributed by atoms with E-state index in [2.05, 4.69) is 11.9 Å². The van der Waals surface area contributed by atoms with Crippen LogP contribution in [0.5, 0.6) is 0 Å². The first-order valence-electron chi connectivity index (χ1n) is 6.27. The van der Waals surface area contributed by atoms with Crippen molar-refractivity contribution in [2.75, 3.05) is 13.2 Å². The summed E-state index contributed by atoms with van der Waals surface area (Å²) in [7, 11) is -1.60. The highest BCUT2D eigenvalue weighted by molar-refractivity contribution is 6.41. The van der Waals surface area contributed by atoms with Crippen LogP contribution >= 0.6 is 0 Å². The lowest BCUT2D eigenvalue weighted by Crippen LogP contribution is -2.49. The molecule has 15 heavy (non-hydrogen) atoms. The summed E-state index contributed by atoms with van der Waals surface area (Å²) >= 11 is 0. The molecular formula is C11H25NO2Si. The molecule has 1 rings (SSSR count). The molecular weight excluding hydrogens is 206 g/mol. The SMILES string of the molecule is CCO[SiH](NC1CCCCC1C)OCC. The van der Waals surface area contributed by atoms with Crippen molar-refractivity contribution >= 4 is 9.45 Å². The van der Waals surface area contributed by atoms with E-state index >= 15 is 0 Å². The highest BCUT2D eigenvalue weighted by atomic mass is 28.3. The molecule has 1 aliphatic rings. The third-order valence-electron chi connectivity index (χ3n) is 3.10. The second kappa shape index (κ2) is 7.38. The standard InChI is InChI=1S/C11H25NO2Si/c1-4-13-15(14-5-2)12-11-9-7-6-8-10(11)3/h10-12,15H,4-9H2,1-3H3. The van der Waals surface area contributed by atoms with Gasteiger partial charge >= 0.3 is 9.45 Å². The molecule has 0 aromatic carbocycles. The average Bonchev–Trinajstić information content (AvgIpc) is 2.22. The Hall–Kier alpha value is 0.0969. The molecule has 0 spiro atoms. The summed E-state index contributed by atoms with van der Waals surface area (Å²) in [6.45, 7) is 7.91. The lowest BCUT2D eigenvalue weighted by Gasteiger charge is -2.32. The number of hydrogen-bond donors (Lipinski definition) is 1. The minimum atomic E-state index is -1.60. The van der Waals surface area contributed by atoms with Gasteiger partial charge in [-0.2, -0.15) is 0 Å². The molecule has 90 valence electrons. The van der Waals surface area contributed by atoms with E-state index in [0.717, 1.165) is 19.1 Å². The van der Waals surface area contributed by atoms with Crippen LogP contribution < -0.4 is 4.98 Å². The molecule has 4 heteroatoms. The summed E-state index contributed by atoms with van der Waals surface area (Å²) in [6, 6.07) is 0.619. The molecule has 1 aliphatic carbocycles. The lowest BCUT2D eigenvalue weighted by molar-refractivity contribution is 0.185. The minimum absolute atomic E-state index is 0.619. The van der Waals surface area contributed by atoms with Gasteiger partial charge in [0.15, 0.2) is 0 Å². The molecule has 0 amide bonds. The average molecular weight is 231 g/mol. The van der Waals surface area contributed by atoms with Gasteiger partial charge in [-0.1, -0.05) is 19.8 Å². The van der Waals surface area contributed by atoms with Gasteiger partial charge in [0.1, 0.15) is 0 Å². The summed E-state index contributed by atoms with van der Waals surface area (Å²) in [5.74, 6) is 0.773. The first-order chi connectivity index (χ1) is 7.27. The Morgan fingerprint density at radius 3 is 2.27 bits per heavy atom. The smallest absolute Gasteiger partial charge is 0.385 e. The molecule has 0 aliphatic heterocycles. The molecule has 0 saturated heterocycles. The van der Waals surface area contributed by atoms with Crippen LogP contribution in [-0.4, -0.2) is 28.7 Å². The lowest BCUT2D eigenvalue weighted by atomic mass is 9.87. The van der Waals surface area contributed by atoms with E-state index in [0.29, 0.717) is 6.04 Å². The Labute approximate surface area is 95.5 Å². The molecule has 1 saturated carbocycles. The maximum absolute atomic E-state index is 5.64. The summed E-state index contributed by atoms with van der Waals surface area (Å²) in [6.07, 6.45) is 5.36. The summed E-state index contributed by atoms with van der Waals surface area (Å²) < 4.78 is 11.3. The Balaban J connectivity index is 2.33. The third-order valence-corrected chi connectivity index (χ3v) is 5.07. The van der Waals surface area contributed by atoms with E-state index in [1.165, 1.54) is 25.7 Å². The molecule has 2 unspecified atom stereocenters. The van der Waals surface area contributed by atoms with Gasteiger partial charge in [-0.05, 0) is 32.6 Å². The van der Waals surface area contributed by atoms with Crippen molar-refractivity contribution in [1.29, 1.82) is 0 Å². The van der Waals surface area contributed by atoms with Gasteiger partial charge in [0.25, 0.3) is 0 Å². The second-order valence-corrected chi connectivity index (χ2v) is 5.94. The normalized spacial score (nSPS) is 27.2. The zero-order chi connectivity index (χ0) is 11.1. The maximum Gasteiger partial charge on any atom is 0.408 e. The van der Waals surface area contributed by atoms with Gasteiger partial charge in [0, 0.05) is 19.3 Å². The van der Waals surface area contributed by atoms with E-state index in [9.17, 15) is 0 Å². The summed E-state index contributed by atoms with van der Waals surface area (Å²) in [5, 5.41) is 0. The quantitative estimate of drug-likeness (QED) is 0.709. The van der Waals surface area contributed by atoms with Crippen LogP contribution in [0.3, 0.4) is 0 Å². The molecule has 2 atom stereocenters. The van der Waals surface area contributed by atoms with Crippen molar-refractivity contribution in [2.24, 2.45) is 5.92 Å². The van der Waals surface area contributed by atoms with Crippen LogP contribution in [0.1, 0.15) is 46.5 Å². The molecule has 0 radical (unpaired) electrons. The zero-order valence-electron chi connectivity index (χ0n) is 10.3. The minimum Gasteiger partial charge on any atom is -0.385 e. The topological polar surface area (TPSA) is 30.5 Å². The van der Waals surface area contributed by atoms with E-state index in [1.807, 2.05) is 13.8 Å². The van der Waals surface area contributed by atoms with Gasteiger partial charge in [-0.3, -0.25) is 4.98 Å². The Bertz CT molecular complexity index is 163. The number of rotatable bonds is 6. The van der Waals surface area contributed by atoms with Gasteiger partial charge in [0.05, 0.1) is 0 Å². The predicted molar refractivity (Wildman–Crippen MR) is 65.0 cm³/mol. The highest BCUT2D eigenvalue weighted by Gasteiger charge is 2.25. The summed E-state index contributed by atoms with van der Waals surface area (Å²) in [5.41, 5.74) is 0. The number of nitrogens with one attached hydrogen (secondary N) is 1. The molecule has 1 fully saturated rings. The van der Waals surface area contributed by atoms with Crippen LogP contribution in [0.25, 0.3) is 0 Å². The van der Waals surface area contributed by atoms with Crippen LogP contribution in [-0.2, 0) is 8.85 Å². The number of hydrogen-bond acceptors (Lipinski definition) is 3. The van der Waals surface area contributed by atoms with Crippen molar-refractivity contribution in [2.45, 2.75) is 52.5 Å². The first-order valence-corrected chi connectivity index (χ1v) is 7.79. The third kappa shape index (κ3) is 4.63. The fourth-order valence-electron chi connectivity index (χ4n) is 2.19. The summed E-state index contributed by atoms with van der Waals surface area (Å²) in [4.78, 5) is 3.60. The van der Waals surface area contributed by atoms with Crippen molar-refractivity contribution in [3.8, 4) is 0 Å². The Morgan fingerprint density at radius 2 is 1.73 bits per heavy atom. The molecule has 3 nitrogen and oxygen atoms in total. The van der Waals surface area contributed by atoms with Crippen LogP contribution in [0, 0.1) is 5.92 Å². The van der Waals surface area contributed by atoms with E-state index in [-0.39, 0.29) is 0 Å². The van der Waals surface area contributed by atoms with Crippen LogP contribution in [0.15, 0.2) is 0 Å². The van der Waals surface area contributed by atoms with Gasteiger partial charge in [0.2, 0.25) is 0 Å². The molecule has 0 heterocycles. The highest BCUT2D eigenvalue weighted by Crippen LogP contribution is 2.23. The molecule has 0 aromatic heterocycles. The predicted octanol–water partition coefficient (Wildman–Crippen LogP) is 1.94. The van der Waals surface area contributed by atoms with Gasteiger partial charge in [-0.15, -0.1) is 0 Å². The van der Waals surface area contributed by atoms with Gasteiger partial charge < -0.3 is 8.85 Å². The fourth-order valence-corrected chi connectivity index (χ4v) is 3.92. The van der Waals surface area contributed by atoms with Crippen LogP contribution in [0.4, 0.5) is 0 Å². The first kappa shape index (κ1) is 13.2. The van der Waals surface area contributed by atoms with Crippen LogP contribution in [0.2, 0.25) is 0 Å².